The summed E-state index contributed by atoms with van der Waals surface area (Å²) in [5, 5.41) is 0.390. The molecule has 0 aliphatic carbocycles. The highest BCUT2D eigenvalue weighted by atomic mass is 32.2. The lowest BCUT2D eigenvalue weighted by atomic mass is 10.1. The molecular formula is C14H20FNOS. The molecule has 0 aromatic heterocycles. The molecular weight excluding hydrogens is 249 g/mol. The van der Waals surface area contributed by atoms with Gasteiger partial charge in [0.05, 0.1) is 6.10 Å². The van der Waals surface area contributed by atoms with Crippen molar-refractivity contribution in [2.45, 2.75) is 42.9 Å². The van der Waals surface area contributed by atoms with Gasteiger partial charge in [-0.3, -0.25) is 0 Å². The van der Waals surface area contributed by atoms with Gasteiger partial charge in [-0.2, -0.15) is 0 Å². The zero-order valence-corrected chi connectivity index (χ0v) is 11.6. The third-order valence-electron chi connectivity index (χ3n) is 3.32. The number of hydrogen-bond acceptors (Lipinski definition) is 3. The molecule has 1 aromatic carbocycles. The molecule has 1 aliphatic rings. The van der Waals surface area contributed by atoms with Crippen molar-refractivity contribution in [2.24, 2.45) is 5.73 Å². The second-order valence-corrected chi connectivity index (χ2v) is 6.23. The number of thioether (sulfide) groups is 1. The summed E-state index contributed by atoms with van der Waals surface area (Å²) in [6, 6.07) is 6.82. The summed E-state index contributed by atoms with van der Waals surface area (Å²) in [6.07, 6.45) is 1.24. The Bertz CT molecular complexity index is 399. The van der Waals surface area contributed by atoms with E-state index in [0.717, 1.165) is 13.0 Å². The van der Waals surface area contributed by atoms with Crippen LogP contribution in [-0.2, 0) is 4.74 Å². The van der Waals surface area contributed by atoms with Crippen LogP contribution >= 0.6 is 11.8 Å². The highest BCUT2D eigenvalue weighted by molar-refractivity contribution is 8.00. The average molecular weight is 269 g/mol. The Morgan fingerprint density at radius 1 is 1.44 bits per heavy atom. The Labute approximate surface area is 112 Å². The van der Waals surface area contributed by atoms with Crippen LogP contribution in [0.4, 0.5) is 4.39 Å². The van der Waals surface area contributed by atoms with E-state index in [1.807, 2.05) is 19.1 Å². The van der Waals surface area contributed by atoms with E-state index in [2.05, 4.69) is 6.92 Å². The monoisotopic (exact) mass is 269 g/mol. The lowest BCUT2D eigenvalue weighted by Gasteiger charge is -2.25. The average Bonchev–Trinajstić information content (AvgIpc) is 2.73. The Kier molecular flexibility index (Phi) is 4.65. The van der Waals surface area contributed by atoms with Crippen molar-refractivity contribution in [3.8, 4) is 0 Å². The highest BCUT2D eigenvalue weighted by Gasteiger charge is 2.30. The summed E-state index contributed by atoms with van der Waals surface area (Å²) in [7, 11) is 0. The quantitative estimate of drug-likeness (QED) is 0.912. The molecule has 4 heteroatoms. The predicted molar refractivity (Wildman–Crippen MR) is 74.2 cm³/mol. The minimum absolute atomic E-state index is 0.0136. The van der Waals surface area contributed by atoms with Crippen LogP contribution in [0.15, 0.2) is 24.3 Å². The fourth-order valence-corrected chi connectivity index (χ4v) is 3.76. The van der Waals surface area contributed by atoms with Crippen molar-refractivity contribution in [2.75, 3.05) is 6.61 Å². The second-order valence-electron chi connectivity index (χ2n) is 4.84. The Morgan fingerprint density at radius 2 is 2.17 bits per heavy atom. The van der Waals surface area contributed by atoms with Crippen molar-refractivity contribution in [3.05, 3.63) is 35.6 Å². The smallest absolute Gasteiger partial charge is 0.127 e. The minimum Gasteiger partial charge on any atom is -0.377 e. The highest BCUT2D eigenvalue weighted by Crippen LogP contribution is 2.40. The number of nitrogens with two attached hydrogens (primary N) is 1. The molecule has 1 saturated heterocycles. The maximum Gasteiger partial charge on any atom is 0.127 e. The van der Waals surface area contributed by atoms with E-state index in [1.165, 1.54) is 6.07 Å². The lowest BCUT2D eigenvalue weighted by molar-refractivity contribution is 0.127. The topological polar surface area (TPSA) is 35.2 Å². The maximum atomic E-state index is 13.9. The van der Waals surface area contributed by atoms with E-state index in [1.54, 1.807) is 17.8 Å². The standard InChI is InChI=1S/C14H20FNOS/c1-9(16)14(11-5-3-4-6-12(11)15)18-13-7-8-17-10(13)2/h3-6,9-10,13-14H,7-8,16H2,1-2H3. The molecule has 2 nitrogen and oxygen atoms in total. The van der Waals surface area contributed by atoms with Crippen LogP contribution in [0.1, 0.15) is 31.1 Å². The molecule has 1 fully saturated rings. The number of rotatable bonds is 4. The zero-order valence-electron chi connectivity index (χ0n) is 10.8. The Balaban J connectivity index is 2.16. The summed E-state index contributed by atoms with van der Waals surface area (Å²) in [6.45, 7) is 4.80. The van der Waals surface area contributed by atoms with Gasteiger partial charge in [0.2, 0.25) is 0 Å². The van der Waals surface area contributed by atoms with E-state index < -0.39 is 0 Å². The van der Waals surface area contributed by atoms with Gasteiger partial charge in [-0.15, -0.1) is 11.8 Å². The van der Waals surface area contributed by atoms with E-state index in [4.69, 9.17) is 10.5 Å². The molecule has 0 bridgehead atoms. The van der Waals surface area contributed by atoms with Crippen molar-refractivity contribution in [3.63, 3.8) is 0 Å². The molecule has 1 aromatic rings. The number of hydrogen-bond donors (Lipinski definition) is 1. The first-order valence-corrected chi connectivity index (χ1v) is 7.31. The van der Waals surface area contributed by atoms with E-state index in [9.17, 15) is 4.39 Å². The van der Waals surface area contributed by atoms with Crippen LogP contribution < -0.4 is 5.73 Å². The summed E-state index contributed by atoms with van der Waals surface area (Å²) in [5.74, 6) is -0.168. The van der Waals surface area contributed by atoms with Gasteiger partial charge >= 0.3 is 0 Å². The first-order valence-electron chi connectivity index (χ1n) is 6.36. The molecule has 0 amide bonds. The first kappa shape index (κ1) is 13.8. The molecule has 18 heavy (non-hydrogen) atoms. The van der Waals surface area contributed by atoms with E-state index >= 15 is 0 Å². The fraction of sp³-hybridized carbons (Fsp3) is 0.571. The van der Waals surface area contributed by atoms with Crippen LogP contribution in [0.2, 0.25) is 0 Å². The number of benzene rings is 1. The first-order chi connectivity index (χ1) is 8.59. The molecule has 4 atom stereocenters. The molecule has 1 aliphatic heterocycles. The second kappa shape index (κ2) is 6.04. The zero-order chi connectivity index (χ0) is 13.1. The summed E-state index contributed by atoms with van der Waals surface area (Å²) in [5.41, 5.74) is 6.74. The summed E-state index contributed by atoms with van der Waals surface area (Å²) in [4.78, 5) is 0. The van der Waals surface area contributed by atoms with E-state index in [-0.39, 0.29) is 23.2 Å². The molecule has 100 valence electrons. The van der Waals surface area contributed by atoms with Gasteiger partial charge in [-0.25, -0.2) is 4.39 Å². The van der Waals surface area contributed by atoms with Gasteiger partial charge in [0.25, 0.3) is 0 Å². The lowest BCUT2D eigenvalue weighted by Crippen LogP contribution is -2.27. The molecule has 2 N–H and O–H groups in total. The van der Waals surface area contributed by atoms with Crippen molar-refractivity contribution in [1.82, 2.24) is 0 Å². The van der Waals surface area contributed by atoms with Gasteiger partial charge in [-0.1, -0.05) is 18.2 Å². The van der Waals surface area contributed by atoms with Gasteiger partial charge in [0.15, 0.2) is 0 Å². The fourth-order valence-electron chi connectivity index (χ4n) is 2.27. The largest absolute Gasteiger partial charge is 0.377 e. The van der Waals surface area contributed by atoms with Crippen LogP contribution in [-0.4, -0.2) is 24.0 Å². The Hall–Kier alpha value is -0.580. The van der Waals surface area contributed by atoms with Crippen molar-refractivity contribution < 1.29 is 9.13 Å². The van der Waals surface area contributed by atoms with Crippen LogP contribution in [0.5, 0.6) is 0 Å². The van der Waals surface area contributed by atoms with Gasteiger partial charge in [-0.05, 0) is 26.3 Å². The Morgan fingerprint density at radius 3 is 2.72 bits per heavy atom. The molecule has 0 spiro atoms. The maximum absolute atomic E-state index is 13.9. The van der Waals surface area contributed by atoms with Crippen LogP contribution in [0, 0.1) is 5.82 Å². The molecule has 4 unspecified atom stereocenters. The number of ether oxygens (including phenoxy) is 1. The summed E-state index contributed by atoms with van der Waals surface area (Å²) < 4.78 is 19.4. The molecule has 0 saturated carbocycles. The predicted octanol–water partition coefficient (Wildman–Crippen LogP) is 3.12. The van der Waals surface area contributed by atoms with Gasteiger partial charge in [0, 0.05) is 28.7 Å². The van der Waals surface area contributed by atoms with Gasteiger partial charge in [0.1, 0.15) is 5.82 Å². The van der Waals surface area contributed by atoms with E-state index in [0.29, 0.717) is 10.8 Å². The van der Waals surface area contributed by atoms with Crippen LogP contribution in [0.3, 0.4) is 0 Å². The van der Waals surface area contributed by atoms with Crippen molar-refractivity contribution >= 4 is 11.8 Å². The molecule has 0 radical (unpaired) electrons. The third-order valence-corrected chi connectivity index (χ3v) is 5.26. The normalized spacial score (nSPS) is 27.1. The van der Waals surface area contributed by atoms with Crippen molar-refractivity contribution in [1.29, 1.82) is 0 Å². The minimum atomic E-state index is -0.168. The third kappa shape index (κ3) is 3.05. The molecule has 1 heterocycles. The van der Waals surface area contributed by atoms with Gasteiger partial charge < -0.3 is 10.5 Å². The van der Waals surface area contributed by atoms with Crippen LogP contribution in [0.25, 0.3) is 0 Å². The SMILES string of the molecule is CC(N)C(SC1CCOC1C)c1ccccc1F. The molecule has 2 rings (SSSR count). The summed E-state index contributed by atoms with van der Waals surface area (Å²) >= 11 is 1.75. The number of halogens is 1.